The average molecular weight is 427 g/mol. The molecule has 30 heavy (non-hydrogen) atoms. The van der Waals surface area contributed by atoms with Gasteiger partial charge in [-0.3, -0.25) is 30.6 Å². The van der Waals surface area contributed by atoms with Crippen LogP contribution in [-0.4, -0.2) is 42.7 Å². The summed E-state index contributed by atoms with van der Waals surface area (Å²) in [7, 11) is 0. The highest BCUT2D eigenvalue weighted by atomic mass is 32.2. The van der Waals surface area contributed by atoms with Crippen LogP contribution in [-0.2, 0) is 4.79 Å². The molecule has 0 radical (unpaired) electrons. The number of carbonyl (C=O) groups excluding carboxylic acids is 2. The number of hydrogen-bond donors (Lipinski definition) is 2. The summed E-state index contributed by atoms with van der Waals surface area (Å²) < 4.78 is 1.53. The molecule has 0 aliphatic heterocycles. The van der Waals surface area contributed by atoms with Gasteiger partial charge in [-0.25, -0.2) is 0 Å². The minimum atomic E-state index is -0.594. The van der Waals surface area contributed by atoms with Crippen molar-refractivity contribution in [1.82, 2.24) is 31.1 Å². The summed E-state index contributed by atoms with van der Waals surface area (Å²) in [5.41, 5.74) is 7.59. The van der Waals surface area contributed by atoms with Gasteiger partial charge in [0.25, 0.3) is 11.6 Å². The summed E-state index contributed by atoms with van der Waals surface area (Å²) in [6.45, 7) is 3.99. The summed E-state index contributed by atoms with van der Waals surface area (Å²) >= 11 is 1.11. The van der Waals surface area contributed by atoms with Gasteiger partial charge in [-0.15, -0.1) is 5.10 Å². The number of hydrazine groups is 1. The van der Waals surface area contributed by atoms with Gasteiger partial charge < -0.3 is 0 Å². The number of tetrazole rings is 1. The maximum Gasteiger partial charge on any atom is 0.269 e. The van der Waals surface area contributed by atoms with Crippen molar-refractivity contribution in [2.24, 2.45) is 0 Å². The Labute approximate surface area is 175 Å². The van der Waals surface area contributed by atoms with Gasteiger partial charge in [0.05, 0.1) is 16.4 Å². The fourth-order valence-electron chi connectivity index (χ4n) is 2.39. The molecule has 1 aromatic heterocycles. The lowest BCUT2D eigenvalue weighted by molar-refractivity contribution is -0.384. The van der Waals surface area contributed by atoms with Crippen molar-refractivity contribution in [2.75, 3.05) is 5.75 Å². The summed E-state index contributed by atoms with van der Waals surface area (Å²) in [6.07, 6.45) is 0. The van der Waals surface area contributed by atoms with Crippen molar-refractivity contribution < 1.29 is 14.5 Å². The van der Waals surface area contributed by atoms with Crippen LogP contribution in [0.5, 0.6) is 0 Å². The van der Waals surface area contributed by atoms with E-state index in [1.165, 1.54) is 28.9 Å². The van der Waals surface area contributed by atoms with E-state index in [0.717, 1.165) is 28.6 Å². The molecule has 154 valence electrons. The number of hydrogen-bond acceptors (Lipinski definition) is 8. The lowest BCUT2D eigenvalue weighted by Crippen LogP contribution is -2.42. The van der Waals surface area contributed by atoms with Gasteiger partial charge in [0.1, 0.15) is 0 Å². The average Bonchev–Trinajstić information content (AvgIpc) is 3.21. The van der Waals surface area contributed by atoms with Crippen molar-refractivity contribution in [3.8, 4) is 5.69 Å². The number of non-ortho nitro benzene ring substituents is 1. The zero-order chi connectivity index (χ0) is 21.7. The van der Waals surface area contributed by atoms with Crippen LogP contribution in [0.25, 0.3) is 5.69 Å². The highest BCUT2D eigenvalue weighted by Crippen LogP contribution is 2.20. The molecule has 0 saturated heterocycles. The van der Waals surface area contributed by atoms with Crippen LogP contribution < -0.4 is 10.9 Å². The van der Waals surface area contributed by atoms with Crippen LogP contribution in [0.1, 0.15) is 21.5 Å². The molecule has 0 bridgehead atoms. The highest BCUT2D eigenvalue weighted by Gasteiger charge is 2.14. The number of thioether (sulfide) groups is 1. The predicted octanol–water partition coefficient (Wildman–Crippen LogP) is 1.74. The summed E-state index contributed by atoms with van der Waals surface area (Å²) in [5.74, 6) is -1.10. The molecule has 0 unspecified atom stereocenters. The molecule has 0 aliphatic rings. The molecular formula is C18H17N7O4S. The molecule has 0 saturated carbocycles. The van der Waals surface area contributed by atoms with E-state index in [9.17, 15) is 19.7 Å². The van der Waals surface area contributed by atoms with E-state index in [1.54, 1.807) is 0 Å². The first-order valence-corrected chi connectivity index (χ1v) is 9.66. The number of nitrogens with zero attached hydrogens (tertiary/aromatic N) is 5. The fraction of sp³-hybridized carbons (Fsp3) is 0.167. The summed E-state index contributed by atoms with van der Waals surface area (Å²) in [6, 6.07) is 10.8. The molecule has 0 atom stereocenters. The zero-order valence-corrected chi connectivity index (χ0v) is 16.8. The van der Waals surface area contributed by atoms with Crippen molar-refractivity contribution in [3.05, 3.63) is 69.3 Å². The van der Waals surface area contributed by atoms with E-state index >= 15 is 0 Å². The summed E-state index contributed by atoms with van der Waals surface area (Å²) in [5, 5.41) is 22.6. The number of nitrogens with one attached hydrogen (secondary N) is 2. The van der Waals surface area contributed by atoms with E-state index in [-0.39, 0.29) is 17.0 Å². The Morgan fingerprint density at radius 3 is 2.50 bits per heavy atom. The maximum atomic E-state index is 12.1. The molecule has 1 heterocycles. The van der Waals surface area contributed by atoms with Crippen LogP contribution in [0, 0.1) is 24.0 Å². The van der Waals surface area contributed by atoms with E-state index in [1.807, 2.05) is 32.0 Å². The van der Waals surface area contributed by atoms with Crippen LogP contribution in [0.2, 0.25) is 0 Å². The molecule has 2 aromatic carbocycles. The third-order valence-electron chi connectivity index (χ3n) is 4.16. The van der Waals surface area contributed by atoms with E-state index in [4.69, 9.17) is 0 Å². The monoisotopic (exact) mass is 427 g/mol. The number of amides is 2. The largest absolute Gasteiger partial charge is 0.272 e. The number of aromatic nitrogens is 4. The first-order valence-electron chi connectivity index (χ1n) is 8.67. The molecule has 11 nitrogen and oxygen atoms in total. The van der Waals surface area contributed by atoms with Crippen LogP contribution >= 0.6 is 11.8 Å². The second kappa shape index (κ2) is 9.13. The summed E-state index contributed by atoms with van der Waals surface area (Å²) in [4.78, 5) is 34.2. The van der Waals surface area contributed by atoms with Gasteiger partial charge in [0.2, 0.25) is 11.1 Å². The van der Waals surface area contributed by atoms with E-state index in [2.05, 4.69) is 26.4 Å². The van der Waals surface area contributed by atoms with Crippen LogP contribution in [0.4, 0.5) is 5.69 Å². The van der Waals surface area contributed by atoms with Crippen LogP contribution in [0.3, 0.4) is 0 Å². The van der Waals surface area contributed by atoms with Crippen molar-refractivity contribution in [2.45, 2.75) is 19.0 Å². The molecule has 3 aromatic rings. The quantitative estimate of drug-likeness (QED) is 0.344. The standard InChI is InChI=1S/C18H17N7O4S/c1-11-3-6-15(9-12(11)2)24-18(21-22-23-24)30-10-16(26)19-20-17(27)13-4-7-14(8-5-13)25(28)29/h3-9H,10H2,1-2H3,(H,19,26)(H,20,27). The SMILES string of the molecule is Cc1ccc(-n2nnnc2SCC(=O)NNC(=O)c2ccc([N+](=O)[O-])cc2)cc1C. The molecule has 3 rings (SSSR count). The van der Waals surface area contributed by atoms with Crippen molar-refractivity contribution >= 4 is 29.3 Å². The number of benzene rings is 2. The molecule has 12 heteroatoms. The smallest absolute Gasteiger partial charge is 0.269 e. The molecule has 0 spiro atoms. The predicted molar refractivity (Wildman–Crippen MR) is 108 cm³/mol. The van der Waals surface area contributed by atoms with Crippen molar-refractivity contribution in [3.63, 3.8) is 0 Å². The minimum absolute atomic E-state index is 0.0360. The maximum absolute atomic E-state index is 12.1. The molecule has 2 amide bonds. The number of aryl methyl sites for hydroxylation is 2. The second-order valence-electron chi connectivity index (χ2n) is 6.24. The second-order valence-corrected chi connectivity index (χ2v) is 7.18. The fourth-order valence-corrected chi connectivity index (χ4v) is 3.08. The Morgan fingerprint density at radius 2 is 1.83 bits per heavy atom. The number of nitro benzene ring substituents is 1. The van der Waals surface area contributed by atoms with Gasteiger partial charge in [-0.1, -0.05) is 17.8 Å². The van der Waals surface area contributed by atoms with Gasteiger partial charge in [0.15, 0.2) is 0 Å². The third-order valence-corrected chi connectivity index (χ3v) is 5.08. The zero-order valence-electron chi connectivity index (χ0n) is 16.0. The van der Waals surface area contributed by atoms with Crippen molar-refractivity contribution in [1.29, 1.82) is 0 Å². The van der Waals surface area contributed by atoms with Gasteiger partial charge in [-0.2, -0.15) is 4.68 Å². The lowest BCUT2D eigenvalue weighted by atomic mass is 10.1. The van der Waals surface area contributed by atoms with E-state index in [0.29, 0.717) is 5.16 Å². The minimum Gasteiger partial charge on any atom is -0.272 e. The van der Waals surface area contributed by atoms with E-state index < -0.39 is 16.7 Å². The number of rotatable bonds is 6. The van der Waals surface area contributed by atoms with Gasteiger partial charge in [-0.05, 0) is 59.7 Å². The molecular weight excluding hydrogens is 410 g/mol. The Hall–Kier alpha value is -3.80. The van der Waals surface area contributed by atoms with Gasteiger partial charge in [0, 0.05) is 17.7 Å². The Bertz CT molecular complexity index is 1100. The third kappa shape index (κ3) is 4.97. The number of carbonyl (C=O) groups is 2. The molecule has 2 N–H and O–H groups in total. The topological polar surface area (TPSA) is 145 Å². The Morgan fingerprint density at radius 1 is 1.10 bits per heavy atom. The Kier molecular flexibility index (Phi) is 6.37. The normalized spacial score (nSPS) is 10.5. The lowest BCUT2D eigenvalue weighted by Gasteiger charge is -2.08. The molecule has 0 fully saturated rings. The first-order chi connectivity index (χ1) is 14.3. The van der Waals surface area contributed by atoms with Gasteiger partial charge >= 0.3 is 0 Å². The first kappa shape index (κ1) is 20.9. The number of nitro groups is 1. The Balaban J connectivity index is 1.54. The highest BCUT2D eigenvalue weighted by molar-refractivity contribution is 7.99. The van der Waals surface area contributed by atoms with Crippen LogP contribution in [0.15, 0.2) is 47.6 Å². The molecule has 0 aliphatic carbocycles.